The van der Waals surface area contributed by atoms with Gasteiger partial charge in [0.05, 0.1) is 6.42 Å². The molecule has 0 aliphatic heterocycles. The second-order valence-electron chi connectivity index (χ2n) is 2.49. The monoisotopic (exact) mass is 241 g/mol. The first-order valence-electron chi connectivity index (χ1n) is 4.03. The van der Waals surface area contributed by atoms with Crippen LogP contribution in [0.2, 0.25) is 0 Å². The van der Waals surface area contributed by atoms with Gasteiger partial charge < -0.3 is 4.74 Å². The Kier molecular flexibility index (Phi) is 3.96. The van der Waals surface area contributed by atoms with Crippen molar-refractivity contribution >= 4 is 21.9 Å². The third kappa shape index (κ3) is 3.59. The molecular formula is C10H10BrO2. The topological polar surface area (TPSA) is 26.3 Å². The van der Waals surface area contributed by atoms with Crippen LogP contribution in [-0.4, -0.2) is 5.97 Å². The number of carbonyl (C=O) groups is 1. The van der Waals surface area contributed by atoms with Crippen LogP contribution >= 0.6 is 15.9 Å². The summed E-state index contributed by atoms with van der Waals surface area (Å²) in [7, 11) is 0. The van der Waals surface area contributed by atoms with E-state index in [0.29, 0.717) is 12.2 Å². The van der Waals surface area contributed by atoms with Crippen LogP contribution in [-0.2, 0) is 4.79 Å². The van der Waals surface area contributed by atoms with E-state index in [9.17, 15) is 4.79 Å². The molecule has 2 nitrogen and oxygen atoms in total. The minimum absolute atomic E-state index is 0.301. The third-order valence-electron chi connectivity index (χ3n) is 1.40. The van der Waals surface area contributed by atoms with E-state index in [-0.39, 0.29) is 5.97 Å². The lowest BCUT2D eigenvalue weighted by molar-refractivity contribution is -0.130. The predicted octanol–water partition coefficient (Wildman–Crippen LogP) is 2.97. The predicted molar refractivity (Wildman–Crippen MR) is 54.4 cm³/mol. The molecule has 0 spiro atoms. The maximum Gasteiger partial charge on any atom is 0.315 e. The largest absolute Gasteiger partial charge is 0.426 e. The molecule has 1 aromatic rings. The Bertz CT molecular complexity index is 279. The van der Waals surface area contributed by atoms with Gasteiger partial charge in [-0.05, 0) is 30.7 Å². The number of hydrogen-bond acceptors (Lipinski definition) is 2. The fourth-order valence-corrected chi connectivity index (χ4v) is 1.09. The minimum atomic E-state index is -0.301. The molecule has 0 unspecified atom stereocenters. The van der Waals surface area contributed by atoms with Gasteiger partial charge in [0.25, 0.3) is 0 Å². The number of esters is 1. The van der Waals surface area contributed by atoms with Crippen molar-refractivity contribution in [3.8, 4) is 5.75 Å². The fourth-order valence-electron chi connectivity index (χ4n) is 0.827. The molecule has 0 saturated heterocycles. The average Bonchev–Trinajstić information content (AvgIpc) is 2.09. The normalized spacial score (nSPS) is 9.69. The zero-order chi connectivity index (χ0) is 9.68. The van der Waals surface area contributed by atoms with Crippen LogP contribution in [0.4, 0.5) is 0 Å². The number of carbonyl (C=O) groups excluding carboxylic acids is 1. The maximum atomic E-state index is 11.0. The highest BCUT2D eigenvalue weighted by molar-refractivity contribution is 9.10. The van der Waals surface area contributed by atoms with E-state index in [1.165, 1.54) is 6.42 Å². The number of ether oxygens (including phenoxy) is 1. The summed E-state index contributed by atoms with van der Waals surface area (Å²) in [5.41, 5.74) is 0. The molecule has 69 valence electrons. The summed E-state index contributed by atoms with van der Waals surface area (Å²) in [4.78, 5) is 11.0. The highest BCUT2D eigenvalue weighted by atomic mass is 79.9. The van der Waals surface area contributed by atoms with Gasteiger partial charge in [-0.15, -0.1) is 0 Å². The number of halogens is 1. The van der Waals surface area contributed by atoms with Gasteiger partial charge in [-0.1, -0.05) is 22.9 Å². The first-order chi connectivity index (χ1) is 6.22. The van der Waals surface area contributed by atoms with Gasteiger partial charge in [-0.2, -0.15) is 0 Å². The molecule has 1 aromatic carbocycles. The lowest BCUT2D eigenvalue weighted by Crippen LogP contribution is -2.07. The van der Waals surface area contributed by atoms with E-state index in [0.717, 1.165) is 4.47 Å². The van der Waals surface area contributed by atoms with Crippen LogP contribution in [0.3, 0.4) is 0 Å². The Morgan fingerprint density at radius 1 is 1.46 bits per heavy atom. The standard InChI is InChI=1S/C10H10BrO2/c1-2-3-10(12)13-9-6-4-8(11)5-7-9/h3-7H,2H2,1H3. The van der Waals surface area contributed by atoms with Crippen molar-refractivity contribution < 1.29 is 9.53 Å². The van der Waals surface area contributed by atoms with Crippen LogP contribution in [0.5, 0.6) is 5.75 Å². The van der Waals surface area contributed by atoms with E-state index < -0.39 is 0 Å². The summed E-state index contributed by atoms with van der Waals surface area (Å²) in [6.45, 7) is 1.89. The van der Waals surface area contributed by atoms with Gasteiger partial charge in [-0.25, -0.2) is 0 Å². The summed E-state index contributed by atoms with van der Waals surface area (Å²) in [5, 5.41) is 0. The Labute approximate surface area is 86.0 Å². The van der Waals surface area contributed by atoms with Gasteiger partial charge in [0.2, 0.25) is 0 Å². The minimum Gasteiger partial charge on any atom is -0.426 e. The molecule has 0 heterocycles. The molecule has 0 N–H and O–H groups in total. The van der Waals surface area contributed by atoms with E-state index in [2.05, 4.69) is 15.9 Å². The van der Waals surface area contributed by atoms with Crippen molar-refractivity contribution in [3.05, 3.63) is 35.2 Å². The van der Waals surface area contributed by atoms with E-state index in [4.69, 9.17) is 4.74 Å². The van der Waals surface area contributed by atoms with Gasteiger partial charge in [0.15, 0.2) is 0 Å². The molecule has 0 amide bonds. The van der Waals surface area contributed by atoms with E-state index in [1.54, 1.807) is 12.1 Å². The average molecular weight is 242 g/mol. The van der Waals surface area contributed by atoms with Crippen molar-refractivity contribution in [3.63, 3.8) is 0 Å². The summed E-state index contributed by atoms with van der Waals surface area (Å²) in [5.74, 6) is 0.266. The van der Waals surface area contributed by atoms with Crippen LogP contribution in [0.25, 0.3) is 0 Å². The summed E-state index contributed by atoms with van der Waals surface area (Å²) in [6, 6.07) is 7.14. The first-order valence-corrected chi connectivity index (χ1v) is 4.82. The summed E-state index contributed by atoms with van der Waals surface area (Å²) < 4.78 is 5.96. The molecule has 1 rings (SSSR count). The smallest absolute Gasteiger partial charge is 0.315 e. The van der Waals surface area contributed by atoms with E-state index in [1.807, 2.05) is 19.1 Å². The number of rotatable bonds is 3. The molecule has 0 aliphatic carbocycles. The summed E-state index contributed by atoms with van der Waals surface area (Å²) in [6.07, 6.45) is 2.19. The molecule has 0 bridgehead atoms. The molecule has 0 aromatic heterocycles. The van der Waals surface area contributed by atoms with Crippen LogP contribution in [0, 0.1) is 6.42 Å². The van der Waals surface area contributed by atoms with Crippen molar-refractivity contribution in [2.75, 3.05) is 0 Å². The maximum absolute atomic E-state index is 11.0. The van der Waals surface area contributed by atoms with Gasteiger partial charge in [-0.3, -0.25) is 4.79 Å². The van der Waals surface area contributed by atoms with Crippen molar-refractivity contribution in [1.82, 2.24) is 0 Å². The Balaban J connectivity index is 2.54. The Morgan fingerprint density at radius 3 is 2.62 bits per heavy atom. The Morgan fingerprint density at radius 2 is 2.08 bits per heavy atom. The molecule has 3 heteroatoms. The third-order valence-corrected chi connectivity index (χ3v) is 1.93. The van der Waals surface area contributed by atoms with Gasteiger partial charge >= 0.3 is 5.97 Å². The Hall–Kier alpha value is -0.830. The highest BCUT2D eigenvalue weighted by Gasteiger charge is 2.02. The molecule has 0 atom stereocenters. The summed E-state index contributed by atoms with van der Waals surface area (Å²) >= 11 is 3.29. The zero-order valence-electron chi connectivity index (χ0n) is 7.29. The van der Waals surface area contributed by atoms with Gasteiger partial charge in [0, 0.05) is 4.47 Å². The second-order valence-corrected chi connectivity index (χ2v) is 3.40. The lowest BCUT2D eigenvalue weighted by atomic mass is 10.3. The van der Waals surface area contributed by atoms with Crippen LogP contribution in [0.15, 0.2) is 28.7 Å². The van der Waals surface area contributed by atoms with Crippen LogP contribution < -0.4 is 4.74 Å². The van der Waals surface area contributed by atoms with Crippen molar-refractivity contribution in [1.29, 1.82) is 0 Å². The number of hydrogen-bond donors (Lipinski definition) is 0. The zero-order valence-corrected chi connectivity index (χ0v) is 8.87. The molecule has 0 fully saturated rings. The SMILES string of the molecule is CC[CH]C(=O)Oc1ccc(Br)cc1. The van der Waals surface area contributed by atoms with Crippen LogP contribution in [0.1, 0.15) is 13.3 Å². The van der Waals surface area contributed by atoms with Crippen molar-refractivity contribution in [2.24, 2.45) is 0 Å². The quantitative estimate of drug-likeness (QED) is 0.601. The number of benzene rings is 1. The molecule has 0 aliphatic rings. The fraction of sp³-hybridized carbons (Fsp3) is 0.200. The lowest BCUT2D eigenvalue weighted by Gasteiger charge is -2.02. The van der Waals surface area contributed by atoms with Gasteiger partial charge in [0.1, 0.15) is 5.75 Å². The van der Waals surface area contributed by atoms with Crippen molar-refractivity contribution in [2.45, 2.75) is 13.3 Å². The second kappa shape index (κ2) is 5.02. The highest BCUT2D eigenvalue weighted by Crippen LogP contribution is 2.16. The molecule has 1 radical (unpaired) electrons. The molecule has 0 saturated carbocycles. The van der Waals surface area contributed by atoms with E-state index >= 15 is 0 Å². The molecule has 13 heavy (non-hydrogen) atoms. The molecular weight excluding hydrogens is 232 g/mol. The first kappa shape index (κ1) is 10.3.